The Hall–Kier alpha value is -2.07. The molecule has 1 unspecified atom stereocenters. The van der Waals surface area contributed by atoms with Gasteiger partial charge in [-0.15, -0.1) is 0 Å². The number of aromatic nitrogens is 1. The summed E-state index contributed by atoms with van der Waals surface area (Å²) in [6, 6.07) is 8.96. The maximum atomic E-state index is 10.8. The van der Waals surface area contributed by atoms with Crippen molar-refractivity contribution in [2.45, 2.75) is 12.5 Å². The number of rotatable bonds is 4. The van der Waals surface area contributed by atoms with Crippen molar-refractivity contribution in [2.24, 2.45) is 0 Å². The van der Waals surface area contributed by atoms with Crippen LogP contribution >= 0.6 is 0 Å². The molecule has 2 aromatic rings. The van der Waals surface area contributed by atoms with Crippen LogP contribution in [0.15, 0.2) is 42.7 Å². The summed E-state index contributed by atoms with van der Waals surface area (Å²) in [6.45, 7) is 1.72. The predicted octanol–water partition coefficient (Wildman–Crippen LogP) is 2.35. The molecule has 19 heavy (non-hydrogen) atoms. The minimum absolute atomic E-state index is 0.577. The van der Waals surface area contributed by atoms with Crippen molar-refractivity contribution in [1.29, 1.82) is 0 Å². The first kappa shape index (κ1) is 13.4. The summed E-state index contributed by atoms with van der Waals surface area (Å²) in [5.74, 6) is 1.26. The van der Waals surface area contributed by atoms with E-state index < -0.39 is 5.60 Å². The molecule has 0 radical (unpaired) electrons. The van der Waals surface area contributed by atoms with Crippen LogP contribution < -0.4 is 9.47 Å². The molecule has 1 atom stereocenters. The second-order valence-electron chi connectivity index (χ2n) is 4.38. The van der Waals surface area contributed by atoms with Crippen LogP contribution in [0.2, 0.25) is 0 Å². The highest BCUT2D eigenvalue weighted by atomic mass is 16.5. The number of nitrogens with zero attached hydrogens (tertiary/aromatic N) is 1. The fourth-order valence-corrected chi connectivity index (χ4v) is 2.01. The monoisotopic (exact) mass is 259 g/mol. The van der Waals surface area contributed by atoms with Crippen LogP contribution in [-0.2, 0) is 5.60 Å². The van der Waals surface area contributed by atoms with E-state index in [2.05, 4.69) is 4.98 Å². The van der Waals surface area contributed by atoms with E-state index >= 15 is 0 Å². The first-order valence-corrected chi connectivity index (χ1v) is 5.95. The van der Waals surface area contributed by atoms with Crippen LogP contribution in [-0.4, -0.2) is 24.3 Å². The van der Waals surface area contributed by atoms with E-state index in [1.807, 2.05) is 6.07 Å². The normalized spacial score (nSPS) is 13.7. The third kappa shape index (κ3) is 2.53. The van der Waals surface area contributed by atoms with Gasteiger partial charge in [-0.3, -0.25) is 4.98 Å². The van der Waals surface area contributed by atoms with Gasteiger partial charge in [-0.2, -0.15) is 0 Å². The van der Waals surface area contributed by atoms with Crippen LogP contribution in [0.5, 0.6) is 11.5 Å². The SMILES string of the molecule is COc1ccc(C(C)(O)c2cccnc2)c(OC)c1. The Balaban J connectivity index is 2.51. The van der Waals surface area contributed by atoms with Crippen molar-refractivity contribution in [3.05, 3.63) is 53.9 Å². The van der Waals surface area contributed by atoms with Gasteiger partial charge in [0.1, 0.15) is 17.1 Å². The van der Waals surface area contributed by atoms with Gasteiger partial charge in [-0.25, -0.2) is 0 Å². The standard InChI is InChI=1S/C15H17NO3/c1-15(17,11-5-4-8-16-10-11)13-7-6-12(18-2)9-14(13)19-3/h4-10,17H,1-3H3. The van der Waals surface area contributed by atoms with Crippen LogP contribution in [0, 0.1) is 0 Å². The van der Waals surface area contributed by atoms with E-state index in [0.29, 0.717) is 22.6 Å². The molecule has 4 heteroatoms. The van der Waals surface area contributed by atoms with Gasteiger partial charge in [0.15, 0.2) is 0 Å². The molecule has 0 fully saturated rings. The molecule has 1 aromatic heterocycles. The fourth-order valence-electron chi connectivity index (χ4n) is 2.01. The highest BCUT2D eigenvalue weighted by Crippen LogP contribution is 2.36. The van der Waals surface area contributed by atoms with E-state index in [-0.39, 0.29) is 0 Å². The number of pyridine rings is 1. The van der Waals surface area contributed by atoms with E-state index in [9.17, 15) is 5.11 Å². The number of methoxy groups -OCH3 is 2. The van der Waals surface area contributed by atoms with Gasteiger partial charge in [0.2, 0.25) is 0 Å². The molecule has 100 valence electrons. The zero-order valence-corrected chi connectivity index (χ0v) is 11.3. The Kier molecular flexibility index (Phi) is 3.71. The number of hydrogen-bond acceptors (Lipinski definition) is 4. The third-order valence-electron chi connectivity index (χ3n) is 3.16. The van der Waals surface area contributed by atoms with Crippen LogP contribution in [0.1, 0.15) is 18.1 Å². The van der Waals surface area contributed by atoms with Gasteiger partial charge in [-0.05, 0) is 25.1 Å². The lowest BCUT2D eigenvalue weighted by atomic mass is 9.88. The zero-order chi connectivity index (χ0) is 13.9. The summed E-state index contributed by atoms with van der Waals surface area (Å²) in [5.41, 5.74) is 0.202. The average molecular weight is 259 g/mol. The average Bonchev–Trinajstić information content (AvgIpc) is 2.47. The van der Waals surface area contributed by atoms with Gasteiger partial charge in [-0.1, -0.05) is 6.07 Å². The number of hydrogen-bond donors (Lipinski definition) is 1. The maximum Gasteiger partial charge on any atom is 0.128 e. The van der Waals surface area contributed by atoms with Crippen LogP contribution in [0.4, 0.5) is 0 Å². The first-order chi connectivity index (χ1) is 9.09. The number of aliphatic hydroxyl groups is 1. The number of ether oxygens (including phenoxy) is 2. The molecule has 1 N–H and O–H groups in total. The molecule has 0 aliphatic carbocycles. The van der Waals surface area contributed by atoms with Crippen LogP contribution in [0.25, 0.3) is 0 Å². The molecule has 1 aromatic carbocycles. The molecule has 0 spiro atoms. The van der Waals surface area contributed by atoms with E-state index in [1.54, 1.807) is 57.8 Å². The molecule has 4 nitrogen and oxygen atoms in total. The van der Waals surface area contributed by atoms with Crippen molar-refractivity contribution in [2.75, 3.05) is 14.2 Å². The molecule has 2 rings (SSSR count). The predicted molar refractivity (Wildman–Crippen MR) is 72.5 cm³/mol. The zero-order valence-electron chi connectivity index (χ0n) is 11.3. The van der Waals surface area contributed by atoms with Gasteiger partial charge in [0.25, 0.3) is 0 Å². The molecule has 0 saturated carbocycles. The first-order valence-electron chi connectivity index (χ1n) is 5.95. The Labute approximate surface area is 112 Å². The van der Waals surface area contributed by atoms with Crippen molar-refractivity contribution < 1.29 is 14.6 Å². The molecule has 0 aliphatic heterocycles. The third-order valence-corrected chi connectivity index (χ3v) is 3.16. The van der Waals surface area contributed by atoms with Crippen molar-refractivity contribution in [3.63, 3.8) is 0 Å². The molecule has 0 bridgehead atoms. The largest absolute Gasteiger partial charge is 0.497 e. The Bertz CT molecular complexity index is 553. The highest BCUT2D eigenvalue weighted by Gasteiger charge is 2.29. The molecular formula is C15H17NO3. The smallest absolute Gasteiger partial charge is 0.128 e. The molecule has 0 amide bonds. The van der Waals surface area contributed by atoms with Gasteiger partial charge in [0.05, 0.1) is 14.2 Å². The van der Waals surface area contributed by atoms with E-state index in [4.69, 9.17) is 9.47 Å². The van der Waals surface area contributed by atoms with Gasteiger partial charge >= 0.3 is 0 Å². The summed E-state index contributed by atoms with van der Waals surface area (Å²) in [4.78, 5) is 4.04. The van der Waals surface area contributed by atoms with Gasteiger partial charge < -0.3 is 14.6 Å². The van der Waals surface area contributed by atoms with Crippen molar-refractivity contribution >= 4 is 0 Å². The van der Waals surface area contributed by atoms with Crippen LogP contribution in [0.3, 0.4) is 0 Å². The topological polar surface area (TPSA) is 51.6 Å². The summed E-state index contributed by atoms with van der Waals surface area (Å²) < 4.78 is 10.5. The summed E-state index contributed by atoms with van der Waals surface area (Å²) in [5, 5.41) is 10.8. The summed E-state index contributed by atoms with van der Waals surface area (Å²) in [7, 11) is 3.16. The van der Waals surface area contributed by atoms with E-state index in [1.165, 1.54) is 0 Å². The lowest BCUT2D eigenvalue weighted by molar-refractivity contribution is 0.0985. The number of benzene rings is 1. The molecule has 1 heterocycles. The Morgan fingerprint density at radius 3 is 2.53 bits per heavy atom. The van der Waals surface area contributed by atoms with E-state index in [0.717, 1.165) is 0 Å². The molecule has 0 saturated heterocycles. The second kappa shape index (κ2) is 5.28. The van der Waals surface area contributed by atoms with Gasteiger partial charge in [0, 0.05) is 29.6 Å². The van der Waals surface area contributed by atoms with Crippen molar-refractivity contribution in [3.8, 4) is 11.5 Å². The second-order valence-corrected chi connectivity index (χ2v) is 4.38. The minimum atomic E-state index is -1.17. The molecular weight excluding hydrogens is 242 g/mol. The van der Waals surface area contributed by atoms with Crippen molar-refractivity contribution in [1.82, 2.24) is 4.98 Å². The fraction of sp³-hybridized carbons (Fsp3) is 0.267. The summed E-state index contributed by atoms with van der Waals surface area (Å²) >= 11 is 0. The minimum Gasteiger partial charge on any atom is -0.497 e. The Morgan fingerprint density at radius 2 is 1.95 bits per heavy atom. The Morgan fingerprint density at radius 1 is 1.16 bits per heavy atom. The maximum absolute atomic E-state index is 10.8. The summed E-state index contributed by atoms with van der Waals surface area (Å²) in [6.07, 6.45) is 3.31. The quantitative estimate of drug-likeness (QED) is 0.915. The lowest BCUT2D eigenvalue weighted by Crippen LogP contribution is -2.23. The lowest BCUT2D eigenvalue weighted by Gasteiger charge is -2.26. The highest BCUT2D eigenvalue weighted by molar-refractivity contribution is 5.47. The molecule has 0 aliphatic rings.